The molecular weight excluding hydrogens is 269 g/mol. The van der Waals surface area contributed by atoms with Gasteiger partial charge in [0.05, 0.1) is 6.61 Å². The highest BCUT2D eigenvalue weighted by Crippen LogP contribution is 2.26. The van der Waals surface area contributed by atoms with Crippen molar-refractivity contribution in [2.45, 2.75) is 13.0 Å². The van der Waals surface area contributed by atoms with Gasteiger partial charge >= 0.3 is 0 Å². The number of fused-ring (bicyclic) bond motifs is 1. The molecule has 4 heteroatoms. The first-order valence-electron chi connectivity index (χ1n) is 6.89. The molecule has 0 saturated heterocycles. The van der Waals surface area contributed by atoms with Gasteiger partial charge < -0.3 is 9.64 Å². The van der Waals surface area contributed by atoms with Crippen molar-refractivity contribution >= 4 is 5.91 Å². The first kappa shape index (κ1) is 13.6. The Labute approximate surface area is 123 Å². The monoisotopic (exact) mass is 285 g/mol. The molecule has 2 aromatic carbocycles. The standard InChI is InChI=1S/C17H16FNO2/c1-19(11-12-3-2-4-15(18)9-12)17(20)14-5-6-16-13(10-14)7-8-21-16/h2-6,9-10H,7-8,11H2,1H3. The number of hydrogen-bond donors (Lipinski definition) is 0. The van der Waals surface area contributed by atoms with Crippen LogP contribution in [0.15, 0.2) is 42.5 Å². The van der Waals surface area contributed by atoms with E-state index in [4.69, 9.17) is 4.74 Å². The normalized spacial score (nSPS) is 12.7. The molecule has 21 heavy (non-hydrogen) atoms. The Balaban J connectivity index is 1.75. The van der Waals surface area contributed by atoms with Gasteiger partial charge in [0, 0.05) is 25.6 Å². The number of ether oxygens (including phenoxy) is 1. The Morgan fingerprint density at radius 1 is 1.29 bits per heavy atom. The maximum atomic E-state index is 13.2. The summed E-state index contributed by atoms with van der Waals surface area (Å²) in [6, 6.07) is 11.8. The number of carbonyl (C=O) groups is 1. The molecule has 0 spiro atoms. The third kappa shape index (κ3) is 2.89. The van der Waals surface area contributed by atoms with Crippen molar-refractivity contribution in [3.8, 4) is 5.75 Å². The summed E-state index contributed by atoms with van der Waals surface area (Å²) in [6.45, 7) is 1.05. The molecule has 3 nitrogen and oxygen atoms in total. The lowest BCUT2D eigenvalue weighted by atomic mass is 10.1. The van der Waals surface area contributed by atoms with E-state index < -0.39 is 0 Å². The zero-order valence-corrected chi connectivity index (χ0v) is 11.8. The number of nitrogens with zero attached hydrogens (tertiary/aromatic N) is 1. The van der Waals surface area contributed by atoms with Crippen molar-refractivity contribution in [1.82, 2.24) is 4.90 Å². The minimum absolute atomic E-state index is 0.0750. The molecule has 0 bridgehead atoms. The highest BCUT2D eigenvalue weighted by atomic mass is 19.1. The first-order chi connectivity index (χ1) is 10.1. The molecule has 0 atom stereocenters. The lowest BCUT2D eigenvalue weighted by Crippen LogP contribution is -2.26. The van der Waals surface area contributed by atoms with Gasteiger partial charge in [-0.25, -0.2) is 4.39 Å². The van der Waals surface area contributed by atoms with Crippen molar-refractivity contribution in [2.24, 2.45) is 0 Å². The fourth-order valence-corrected chi connectivity index (χ4v) is 2.52. The second-order valence-corrected chi connectivity index (χ2v) is 5.21. The van der Waals surface area contributed by atoms with E-state index in [-0.39, 0.29) is 11.7 Å². The number of halogens is 1. The predicted molar refractivity (Wildman–Crippen MR) is 77.8 cm³/mol. The molecule has 0 fully saturated rings. The lowest BCUT2D eigenvalue weighted by molar-refractivity contribution is 0.0785. The third-order valence-corrected chi connectivity index (χ3v) is 3.59. The van der Waals surface area contributed by atoms with Gasteiger partial charge in [0.1, 0.15) is 11.6 Å². The second-order valence-electron chi connectivity index (χ2n) is 5.21. The Kier molecular flexibility index (Phi) is 3.60. The smallest absolute Gasteiger partial charge is 0.253 e. The molecule has 0 unspecified atom stereocenters. The van der Waals surface area contributed by atoms with Gasteiger partial charge in [-0.15, -0.1) is 0 Å². The van der Waals surface area contributed by atoms with Crippen molar-refractivity contribution in [3.63, 3.8) is 0 Å². The van der Waals surface area contributed by atoms with E-state index in [0.29, 0.717) is 18.7 Å². The van der Waals surface area contributed by atoms with Crippen LogP contribution in [0.1, 0.15) is 21.5 Å². The third-order valence-electron chi connectivity index (χ3n) is 3.59. The summed E-state index contributed by atoms with van der Waals surface area (Å²) in [4.78, 5) is 14.0. The highest BCUT2D eigenvalue weighted by molar-refractivity contribution is 5.94. The van der Waals surface area contributed by atoms with E-state index in [1.165, 1.54) is 12.1 Å². The molecular formula is C17H16FNO2. The maximum absolute atomic E-state index is 13.2. The maximum Gasteiger partial charge on any atom is 0.253 e. The van der Waals surface area contributed by atoms with Crippen LogP contribution in [0.5, 0.6) is 5.75 Å². The van der Waals surface area contributed by atoms with Gasteiger partial charge in [-0.05, 0) is 41.5 Å². The van der Waals surface area contributed by atoms with Crippen LogP contribution in [0.3, 0.4) is 0 Å². The average molecular weight is 285 g/mol. The SMILES string of the molecule is CN(Cc1cccc(F)c1)C(=O)c1ccc2c(c1)CCO2. The summed E-state index contributed by atoms with van der Waals surface area (Å²) in [5.41, 5.74) is 2.48. The van der Waals surface area contributed by atoms with Crippen molar-refractivity contribution in [2.75, 3.05) is 13.7 Å². The molecule has 2 aromatic rings. The van der Waals surface area contributed by atoms with Crippen LogP contribution < -0.4 is 4.74 Å². The summed E-state index contributed by atoms with van der Waals surface area (Å²) >= 11 is 0. The molecule has 1 heterocycles. The van der Waals surface area contributed by atoms with Gasteiger partial charge in [0.25, 0.3) is 5.91 Å². The topological polar surface area (TPSA) is 29.5 Å². The van der Waals surface area contributed by atoms with Crippen LogP contribution in [0.2, 0.25) is 0 Å². The quantitative estimate of drug-likeness (QED) is 0.867. The summed E-state index contributed by atoms with van der Waals surface area (Å²) < 4.78 is 18.6. The van der Waals surface area contributed by atoms with Gasteiger partial charge in [-0.2, -0.15) is 0 Å². The van der Waals surface area contributed by atoms with Crippen LogP contribution in [0, 0.1) is 5.82 Å². The Morgan fingerprint density at radius 3 is 2.95 bits per heavy atom. The van der Waals surface area contributed by atoms with E-state index in [2.05, 4.69) is 0 Å². The summed E-state index contributed by atoms with van der Waals surface area (Å²) in [5.74, 6) is 0.497. The van der Waals surface area contributed by atoms with Gasteiger partial charge in [-0.1, -0.05) is 12.1 Å². The van der Waals surface area contributed by atoms with Crippen LogP contribution in [-0.4, -0.2) is 24.5 Å². The molecule has 1 aliphatic heterocycles. The van der Waals surface area contributed by atoms with Crippen molar-refractivity contribution in [3.05, 3.63) is 65.0 Å². The van der Waals surface area contributed by atoms with E-state index in [0.717, 1.165) is 23.3 Å². The van der Waals surface area contributed by atoms with E-state index in [1.807, 2.05) is 18.2 Å². The van der Waals surface area contributed by atoms with E-state index in [9.17, 15) is 9.18 Å². The molecule has 3 rings (SSSR count). The van der Waals surface area contributed by atoms with Crippen LogP contribution in [0.4, 0.5) is 4.39 Å². The highest BCUT2D eigenvalue weighted by Gasteiger charge is 2.17. The van der Waals surface area contributed by atoms with E-state index >= 15 is 0 Å². The Hall–Kier alpha value is -2.36. The summed E-state index contributed by atoms with van der Waals surface area (Å²) in [7, 11) is 1.72. The Bertz CT molecular complexity index is 684. The zero-order chi connectivity index (χ0) is 14.8. The summed E-state index contributed by atoms with van der Waals surface area (Å²) in [6.07, 6.45) is 0.837. The van der Waals surface area contributed by atoms with Gasteiger partial charge in [0.15, 0.2) is 0 Å². The lowest BCUT2D eigenvalue weighted by Gasteiger charge is -2.17. The predicted octanol–water partition coefficient (Wildman–Crippen LogP) is 3.03. The first-order valence-corrected chi connectivity index (χ1v) is 6.89. The minimum Gasteiger partial charge on any atom is -0.493 e. The van der Waals surface area contributed by atoms with Gasteiger partial charge in [0.2, 0.25) is 0 Å². The van der Waals surface area contributed by atoms with E-state index in [1.54, 1.807) is 24.1 Å². The number of rotatable bonds is 3. The number of carbonyl (C=O) groups excluding carboxylic acids is 1. The van der Waals surface area contributed by atoms with Crippen LogP contribution in [-0.2, 0) is 13.0 Å². The molecule has 108 valence electrons. The average Bonchev–Trinajstić information content (AvgIpc) is 2.93. The minimum atomic E-state index is -0.289. The number of hydrogen-bond acceptors (Lipinski definition) is 2. The fourth-order valence-electron chi connectivity index (χ4n) is 2.52. The van der Waals surface area contributed by atoms with Gasteiger partial charge in [-0.3, -0.25) is 4.79 Å². The van der Waals surface area contributed by atoms with Crippen molar-refractivity contribution < 1.29 is 13.9 Å². The zero-order valence-electron chi connectivity index (χ0n) is 11.8. The molecule has 1 aliphatic rings. The molecule has 0 radical (unpaired) electrons. The van der Waals surface area contributed by atoms with Crippen molar-refractivity contribution in [1.29, 1.82) is 0 Å². The Morgan fingerprint density at radius 2 is 2.14 bits per heavy atom. The molecule has 0 N–H and O–H groups in total. The van der Waals surface area contributed by atoms with Crippen LogP contribution in [0.25, 0.3) is 0 Å². The van der Waals surface area contributed by atoms with Crippen LogP contribution >= 0.6 is 0 Å². The summed E-state index contributed by atoms with van der Waals surface area (Å²) in [5, 5.41) is 0. The molecule has 1 amide bonds. The molecule has 0 aromatic heterocycles. The molecule has 0 aliphatic carbocycles. The number of amides is 1. The fraction of sp³-hybridized carbons (Fsp3) is 0.235. The second kappa shape index (κ2) is 5.56. The number of benzene rings is 2. The molecule has 0 saturated carbocycles. The largest absolute Gasteiger partial charge is 0.493 e.